The predicted molar refractivity (Wildman–Crippen MR) is 125 cm³/mol. The first-order chi connectivity index (χ1) is 15.2. The van der Waals surface area contributed by atoms with Crippen molar-refractivity contribution in [2.75, 3.05) is 11.9 Å². The van der Waals surface area contributed by atoms with E-state index < -0.39 is 0 Å². The van der Waals surface area contributed by atoms with Crippen LogP contribution in [0.15, 0.2) is 79.0 Å². The maximum Gasteiger partial charge on any atom is 0.223 e. The van der Waals surface area contributed by atoms with Gasteiger partial charge in [-0.1, -0.05) is 60.1 Å². The third-order valence-corrected chi connectivity index (χ3v) is 6.04. The molecule has 154 valence electrons. The quantitative estimate of drug-likeness (QED) is 0.419. The molecule has 0 spiro atoms. The molecule has 3 aromatic carbocycles. The smallest absolute Gasteiger partial charge is 0.223 e. The standard InChI is InChI=1S/C26H22ClN3O/c27-20-9-7-18(8-10-20)24-15-19-16-29-26(28-14-13-17-5-11-21(31)12-6-17)30-25(19)23-4-2-1-3-22(23)24/h1-12,16,24,31H,13-15H2,(H,28,29,30). The van der Waals surface area contributed by atoms with Gasteiger partial charge in [-0.05, 0) is 59.4 Å². The van der Waals surface area contributed by atoms with E-state index in [9.17, 15) is 5.11 Å². The Morgan fingerprint density at radius 1 is 0.968 bits per heavy atom. The molecule has 2 N–H and O–H groups in total. The van der Waals surface area contributed by atoms with Crippen molar-refractivity contribution >= 4 is 17.5 Å². The molecular formula is C26H22ClN3O. The second-order valence-electron chi connectivity index (χ2n) is 7.81. The molecule has 1 unspecified atom stereocenters. The topological polar surface area (TPSA) is 58.0 Å². The van der Waals surface area contributed by atoms with Crippen molar-refractivity contribution in [3.05, 3.63) is 106 Å². The van der Waals surface area contributed by atoms with Gasteiger partial charge < -0.3 is 10.4 Å². The van der Waals surface area contributed by atoms with Crippen LogP contribution in [0.1, 0.15) is 28.2 Å². The summed E-state index contributed by atoms with van der Waals surface area (Å²) < 4.78 is 0. The number of aromatic nitrogens is 2. The lowest BCUT2D eigenvalue weighted by Gasteiger charge is -2.27. The Hall–Kier alpha value is -3.37. The minimum atomic E-state index is 0.262. The van der Waals surface area contributed by atoms with Gasteiger partial charge >= 0.3 is 0 Å². The fraction of sp³-hybridized carbons (Fsp3) is 0.154. The maximum atomic E-state index is 9.41. The van der Waals surface area contributed by atoms with Crippen molar-refractivity contribution in [1.29, 1.82) is 0 Å². The van der Waals surface area contributed by atoms with Crippen LogP contribution in [-0.4, -0.2) is 21.6 Å². The first-order valence-electron chi connectivity index (χ1n) is 10.4. The molecular weight excluding hydrogens is 406 g/mol. The Bertz CT molecular complexity index is 1210. The molecule has 0 amide bonds. The van der Waals surface area contributed by atoms with Gasteiger partial charge in [0.15, 0.2) is 0 Å². The van der Waals surface area contributed by atoms with E-state index in [1.807, 2.05) is 30.5 Å². The molecule has 1 heterocycles. The summed E-state index contributed by atoms with van der Waals surface area (Å²) >= 11 is 6.10. The summed E-state index contributed by atoms with van der Waals surface area (Å²) in [5.41, 5.74) is 7.00. The van der Waals surface area contributed by atoms with Crippen LogP contribution in [0.4, 0.5) is 5.95 Å². The van der Waals surface area contributed by atoms with E-state index in [1.54, 1.807) is 12.1 Å². The highest BCUT2D eigenvalue weighted by atomic mass is 35.5. The average Bonchev–Trinajstić information content (AvgIpc) is 2.80. The third kappa shape index (κ3) is 4.12. The van der Waals surface area contributed by atoms with Gasteiger partial charge in [0.1, 0.15) is 5.75 Å². The first-order valence-corrected chi connectivity index (χ1v) is 10.8. The predicted octanol–water partition coefficient (Wildman–Crippen LogP) is 5.85. The number of rotatable bonds is 5. The number of fused-ring (bicyclic) bond motifs is 3. The maximum absolute atomic E-state index is 9.41. The lowest BCUT2D eigenvalue weighted by atomic mass is 9.78. The van der Waals surface area contributed by atoms with E-state index in [0.717, 1.165) is 46.8 Å². The molecule has 0 fully saturated rings. The molecule has 1 aliphatic rings. The summed E-state index contributed by atoms with van der Waals surface area (Å²) in [6.45, 7) is 0.721. The van der Waals surface area contributed by atoms with Crippen LogP contribution in [0.3, 0.4) is 0 Å². The largest absolute Gasteiger partial charge is 0.508 e. The zero-order chi connectivity index (χ0) is 21.2. The SMILES string of the molecule is Oc1ccc(CCNc2ncc3c(n2)-c2ccccc2C(c2ccc(Cl)cc2)C3)cc1. The van der Waals surface area contributed by atoms with Crippen molar-refractivity contribution < 1.29 is 5.11 Å². The van der Waals surface area contributed by atoms with Crippen molar-refractivity contribution in [3.63, 3.8) is 0 Å². The van der Waals surface area contributed by atoms with E-state index >= 15 is 0 Å². The van der Waals surface area contributed by atoms with E-state index in [-0.39, 0.29) is 11.7 Å². The summed E-state index contributed by atoms with van der Waals surface area (Å²) in [4.78, 5) is 9.43. The molecule has 4 aromatic rings. The molecule has 31 heavy (non-hydrogen) atoms. The molecule has 1 aliphatic carbocycles. The zero-order valence-electron chi connectivity index (χ0n) is 16.9. The second kappa shape index (κ2) is 8.40. The molecule has 0 radical (unpaired) electrons. The Morgan fingerprint density at radius 2 is 1.74 bits per heavy atom. The Morgan fingerprint density at radius 3 is 2.55 bits per heavy atom. The average molecular weight is 428 g/mol. The van der Waals surface area contributed by atoms with E-state index in [4.69, 9.17) is 16.6 Å². The summed E-state index contributed by atoms with van der Waals surface area (Å²) in [6, 6.07) is 23.9. The van der Waals surface area contributed by atoms with Crippen LogP contribution in [0.2, 0.25) is 5.02 Å². The molecule has 1 aromatic heterocycles. The van der Waals surface area contributed by atoms with Gasteiger partial charge in [-0.25, -0.2) is 9.97 Å². The number of halogens is 1. The number of nitrogens with zero attached hydrogens (tertiary/aromatic N) is 2. The van der Waals surface area contributed by atoms with Crippen molar-refractivity contribution in [1.82, 2.24) is 9.97 Å². The van der Waals surface area contributed by atoms with E-state index in [0.29, 0.717) is 5.95 Å². The van der Waals surface area contributed by atoms with Gasteiger partial charge in [0.25, 0.3) is 0 Å². The van der Waals surface area contributed by atoms with Gasteiger partial charge in [0.05, 0.1) is 5.69 Å². The Labute approximate surface area is 186 Å². The molecule has 4 nitrogen and oxygen atoms in total. The third-order valence-electron chi connectivity index (χ3n) is 5.79. The molecule has 0 bridgehead atoms. The van der Waals surface area contributed by atoms with Crippen LogP contribution in [0.25, 0.3) is 11.3 Å². The molecule has 5 heteroatoms. The lowest BCUT2D eigenvalue weighted by Crippen LogP contribution is -2.16. The van der Waals surface area contributed by atoms with Crippen molar-refractivity contribution in [2.24, 2.45) is 0 Å². The summed E-state index contributed by atoms with van der Waals surface area (Å²) in [5, 5.41) is 13.5. The fourth-order valence-electron chi connectivity index (χ4n) is 4.19. The highest BCUT2D eigenvalue weighted by Gasteiger charge is 2.27. The zero-order valence-corrected chi connectivity index (χ0v) is 17.7. The van der Waals surface area contributed by atoms with Crippen LogP contribution < -0.4 is 5.32 Å². The number of aromatic hydroxyl groups is 1. The monoisotopic (exact) mass is 427 g/mol. The van der Waals surface area contributed by atoms with Crippen molar-refractivity contribution in [3.8, 4) is 17.0 Å². The normalized spacial score (nSPS) is 14.5. The van der Waals surface area contributed by atoms with E-state index in [2.05, 4.69) is 46.7 Å². The van der Waals surface area contributed by atoms with E-state index in [1.165, 1.54) is 11.1 Å². The van der Waals surface area contributed by atoms with Gasteiger partial charge in [-0.15, -0.1) is 0 Å². The van der Waals surface area contributed by atoms with Gasteiger partial charge in [-0.2, -0.15) is 0 Å². The highest BCUT2D eigenvalue weighted by Crippen LogP contribution is 2.41. The van der Waals surface area contributed by atoms with Gasteiger partial charge in [0, 0.05) is 29.2 Å². The summed E-state index contributed by atoms with van der Waals surface area (Å²) in [6.07, 6.45) is 3.64. The first kappa shape index (κ1) is 19.6. The molecule has 5 rings (SSSR count). The highest BCUT2D eigenvalue weighted by molar-refractivity contribution is 6.30. The van der Waals surface area contributed by atoms with Crippen LogP contribution in [-0.2, 0) is 12.8 Å². The van der Waals surface area contributed by atoms with Crippen molar-refractivity contribution in [2.45, 2.75) is 18.8 Å². The second-order valence-corrected chi connectivity index (χ2v) is 8.24. The molecule has 0 aliphatic heterocycles. The lowest BCUT2D eigenvalue weighted by molar-refractivity contribution is 0.475. The van der Waals surface area contributed by atoms with Gasteiger partial charge in [0.2, 0.25) is 5.95 Å². The minimum Gasteiger partial charge on any atom is -0.508 e. The number of phenols is 1. The van der Waals surface area contributed by atoms with Crippen LogP contribution >= 0.6 is 11.6 Å². The Balaban J connectivity index is 1.39. The Kier molecular flexibility index (Phi) is 5.31. The number of nitrogens with one attached hydrogen (secondary N) is 1. The van der Waals surface area contributed by atoms with Crippen LogP contribution in [0, 0.1) is 0 Å². The molecule has 1 atom stereocenters. The number of benzene rings is 3. The fourth-order valence-corrected chi connectivity index (χ4v) is 4.32. The van der Waals surface area contributed by atoms with Gasteiger partial charge in [-0.3, -0.25) is 0 Å². The van der Waals surface area contributed by atoms with Crippen LogP contribution in [0.5, 0.6) is 5.75 Å². The molecule has 0 saturated heterocycles. The molecule has 0 saturated carbocycles. The summed E-state index contributed by atoms with van der Waals surface area (Å²) in [5.74, 6) is 1.18. The number of hydrogen-bond donors (Lipinski definition) is 2. The minimum absolute atomic E-state index is 0.262. The number of hydrogen-bond acceptors (Lipinski definition) is 4. The number of anilines is 1. The summed E-state index contributed by atoms with van der Waals surface area (Å²) in [7, 11) is 0. The number of phenolic OH excluding ortho intramolecular Hbond substituents is 1.